The number of carbonyl (C=O) groups is 1. The number of nitrogens with zero attached hydrogens (tertiary/aromatic N) is 1. The number of halogens is 1. The molecule has 0 aliphatic carbocycles. The van der Waals surface area contributed by atoms with Gasteiger partial charge in [0.25, 0.3) is 5.91 Å². The van der Waals surface area contributed by atoms with Crippen molar-refractivity contribution in [1.29, 1.82) is 0 Å². The van der Waals surface area contributed by atoms with Crippen molar-refractivity contribution in [2.45, 2.75) is 26.5 Å². The Bertz CT molecular complexity index is 417. The van der Waals surface area contributed by atoms with Crippen molar-refractivity contribution in [3.05, 3.63) is 28.2 Å². The highest BCUT2D eigenvalue weighted by Gasteiger charge is 2.24. The van der Waals surface area contributed by atoms with E-state index >= 15 is 0 Å². The van der Waals surface area contributed by atoms with Crippen molar-refractivity contribution in [1.82, 2.24) is 0 Å². The molecule has 0 N–H and O–H groups in total. The van der Waals surface area contributed by atoms with Gasteiger partial charge in [-0.1, -0.05) is 22.0 Å². The summed E-state index contributed by atoms with van der Waals surface area (Å²) >= 11 is 3.43. The number of rotatable bonds is 1. The van der Waals surface area contributed by atoms with Crippen LogP contribution >= 0.6 is 15.9 Å². The molecule has 1 aromatic carbocycles. The first kappa shape index (κ1) is 11.6. The van der Waals surface area contributed by atoms with Crippen LogP contribution in [0.4, 0.5) is 5.69 Å². The topological polar surface area (TPSA) is 29.5 Å². The molecule has 1 heterocycles. The normalized spacial score (nSPS) is 16.2. The highest BCUT2D eigenvalue weighted by molar-refractivity contribution is 9.10. The zero-order chi connectivity index (χ0) is 11.7. The number of hydrogen-bond acceptors (Lipinski definition) is 2. The van der Waals surface area contributed by atoms with Crippen molar-refractivity contribution >= 4 is 27.5 Å². The molecule has 0 bridgehead atoms. The van der Waals surface area contributed by atoms with E-state index in [-0.39, 0.29) is 18.6 Å². The van der Waals surface area contributed by atoms with Crippen LogP contribution in [0.25, 0.3) is 0 Å². The van der Waals surface area contributed by atoms with E-state index in [0.717, 1.165) is 15.7 Å². The highest BCUT2D eigenvalue weighted by Crippen LogP contribution is 2.29. The molecule has 4 heteroatoms. The van der Waals surface area contributed by atoms with E-state index in [4.69, 9.17) is 4.74 Å². The number of ether oxygens (including phenoxy) is 1. The predicted molar refractivity (Wildman–Crippen MR) is 66.4 cm³/mol. The van der Waals surface area contributed by atoms with Gasteiger partial charge in [-0.25, -0.2) is 0 Å². The third kappa shape index (κ3) is 2.13. The van der Waals surface area contributed by atoms with Gasteiger partial charge in [0.05, 0.1) is 12.3 Å². The smallest absolute Gasteiger partial charge is 0.253 e. The van der Waals surface area contributed by atoms with E-state index in [9.17, 15) is 4.79 Å². The molecule has 16 heavy (non-hydrogen) atoms. The number of hydrogen-bond donors (Lipinski definition) is 0. The summed E-state index contributed by atoms with van der Waals surface area (Å²) < 4.78 is 6.33. The lowest BCUT2D eigenvalue weighted by Crippen LogP contribution is -2.38. The van der Waals surface area contributed by atoms with Gasteiger partial charge in [0.15, 0.2) is 0 Å². The van der Waals surface area contributed by atoms with Crippen LogP contribution in [0.1, 0.15) is 19.4 Å². The third-order valence-electron chi connectivity index (χ3n) is 2.58. The third-order valence-corrected chi connectivity index (χ3v) is 3.07. The minimum Gasteiger partial charge on any atom is -0.367 e. The van der Waals surface area contributed by atoms with E-state index in [1.54, 1.807) is 4.90 Å². The molecule has 0 atom stereocenters. The monoisotopic (exact) mass is 283 g/mol. The molecule has 1 amide bonds. The Balaban J connectivity index is 2.52. The molecule has 0 aromatic heterocycles. The van der Waals surface area contributed by atoms with Crippen LogP contribution in [-0.2, 0) is 16.1 Å². The Kier molecular flexibility index (Phi) is 3.30. The molecule has 2 rings (SSSR count). The Labute approximate surface area is 104 Å². The maximum atomic E-state index is 11.9. The van der Waals surface area contributed by atoms with Gasteiger partial charge < -0.3 is 9.64 Å². The average molecular weight is 284 g/mol. The second-order valence-corrected chi connectivity index (χ2v) is 5.04. The summed E-state index contributed by atoms with van der Waals surface area (Å²) in [7, 11) is 0. The minimum atomic E-state index is 0.0202. The summed E-state index contributed by atoms with van der Waals surface area (Å²) in [5, 5.41) is 0. The Morgan fingerprint density at radius 2 is 2.12 bits per heavy atom. The van der Waals surface area contributed by atoms with Crippen molar-refractivity contribution in [2.75, 3.05) is 11.5 Å². The molecule has 0 fully saturated rings. The number of amides is 1. The zero-order valence-corrected chi connectivity index (χ0v) is 11.0. The van der Waals surface area contributed by atoms with Crippen LogP contribution in [-0.4, -0.2) is 18.6 Å². The van der Waals surface area contributed by atoms with Gasteiger partial charge in [0.2, 0.25) is 0 Å². The van der Waals surface area contributed by atoms with Crippen molar-refractivity contribution < 1.29 is 9.53 Å². The number of anilines is 1. The minimum absolute atomic E-state index is 0.0202. The van der Waals surface area contributed by atoms with Gasteiger partial charge in [-0.2, -0.15) is 0 Å². The Morgan fingerprint density at radius 1 is 1.38 bits per heavy atom. The summed E-state index contributed by atoms with van der Waals surface area (Å²) in [4.78, 5) is 13.7. The molecule has 1 aromatic rings. The van der Waals surface area contributed by atoms with Crippen LogP contribution in [0, 0.1) is 0 Å². The molecule has 1 aliphatic heterocycles. The molecular weight excluding hydrogens is 270 g/mol. The fraction of sp³-hybridized carbons (Fsp3) is 0.417. The van der Waals surface area contributed by atoms with E-state index in [0.29, 0.717) is 6.61 Å². The molecule has 0 saturated heterocycles. The average Bonchev–Trinajstić information content (AvgIpc) is 2.35. The Morgan fingerprint density at radius 3 is 2.81 bits per heavy atom. The van der Waals surface area contributed by atoms with Gasteiger partial charge in [-0.15, -0.1) is 0 Å². The van der Waals surface area contributed by atoms with Crippen LogP contribution in [0.5, 0.6) is 0 Å². The van der Waals surface area contributed by atoms with Crippen LogP contribution in [0.2, 0.25) is 0 Å². The number of benzene rings is 1. The second-order valence-electron chi connectivity index (χ2n) is 4.12. The second kappa shape index (κ2) is 4.55. The molecule has 3 nitrogen and oxygen atoms in total. The van der Waals surface area contributed by atoms with E-state index < -0.39 is 0 Å². The fourth-order valence-electron chi connectivity index (χ4n) is 1.90. The predicted octanol–water partition coefficient (Wildman–Crippen LogP) is 2.72. The molecule has 0 spiro atoms. The quantitative estimate of drug-likeness (QED) is 0.793. The fourth-order valence-corrected chi connectivity index (χ4v) is 2.25. The first-order valence-electron chi connectivity index (χ1n) is 5.28. The molecule has 0 unspecified atom stereocenters. The maximum Gasteiger partial charge on any atom is 0.253 e. The standard InChI is InChI=1S/C12H14BrNO2/c1-8(2)14-11-5-10(13)4-3-9(11)6-16-7-12(14)15/h3-5,8H,6-7H2,1-2H3. The molecular formula is C12H14BrNO2. The first-order chi connectivity index (χ1) is 7.59. The van der Waals surface area contributed by atoms with Gasteiger partial charge in [-0.05, 0) is 26.0 Å². The van der Waals surface area contributed by atoms with Gasteiger partial charge in [0.1, 0.15) is 6.61 Å². The summed E-state index contributed by atoms with van der Waals surface area (Å²) in [6.45, 7) is 4.67. The van der Waals surface area contributed by atoms with Crippen molar-refractivity contribution in [3.63, 3.8) is 0 Å². The maximum absolute atomic E-state index is 11.9. The summed E-state index contributed by atoms with van der Waals surface area (Å²) in [6.07, 6.45) is 0. The lowest BCUT2D eigenvalue weighted by atomic mass is 10.1. The summed E-state index contributed by atoms with van der Waals surface area (Å²) in [6, 6.07) is 6.08. The number of carbonyl (C=O) groups excluding carboxylic acids is 1. The zero-order valence-electron chi connectivity index (χ0n) is 9.37. The van der Waals surface area contributed by atoms with Gasteiger partial charge in [-0.3, -0.25) is 4.79 Å². The van der Waals surface area contributed by atoms with E-state index in [1.807, 2.05) is 32.0 Å². The van der Waals surface area contributed by atoms with Crippen LogP contribution in [0.3, 0.4) is 0 Å². The number of fused-ring (bicyclic) bond motifs is 1. The van der Waals surface area contributed by atoms with E-state index in [1.165, 1.54) is 0 Å². The van der Waals surface area contributed by atoms with Gasteiger partial charge in [0, 0.05) is 16.1 Å². The summed E-state index contributed by atoms with van der Waals surface area (Å²) in [5.74, 6) is 0.0202. The highest BCUT2D eigenvalue weighted by atomic mass is 79.9. The van der Waals surface area contributed by atoms with E-state index in [2.05, 4.69) is 15.9 Å². The Hall–Kier alpha value is -0.870. The first-order valence-corrected chi connectivity index (χ1v) is 6.07. The lowest BCUT2D eigenvalue weighted by Gasteiger charge is -2.26. The van der Waals surface area contributed by atoms with Crippen molar-refractivity contribution in [2.24, 2.45) is 0 Å². The lowest BCUT2D eigenvalue weighted by molar-refractivity contribution is -0.123. The molecule has 1 aliphatic rings. The molecule has 0 radical (unpaired) electrons. The largest absolute Gasteiger partial charge is 0.367 e. The van der Waals surface area contributed by atoms with Crippen LogP contribution < -0.4 is 4.90 Å². The molecule has 0 saturated carbocycles. The van der Waals surface area contributed by atoms with Crippen molar-refractivity contribution in [3.8, 4) is 0 Å². The summed E-state index contributed by atoms with van der Waals surface area (Å²) in [5.41, 5.74) is 2.01. The van der Waals surface area contributed by atoms with Gasteiger partial charge >= 0.3 is 0 Å². The SMILES string of the molecule is CC(C)N1C(=O)COCc2ccc(Br)cc21. The van der Waals surface area contributed by atoms with Crippen LogP contribution in [0.15, 0.2) is 22.7 Å². The molecule has 86 valence electrons.